The molecule has 0 spiro atoms. The lowest BCUT2D eigenvalue weighted by Crippen LogP contribution is -2.44. The van der Waals surface area contributed by atoms with Crippen molar-refractivity contribution in [2.75, 3.05) is 43.4 Å². The molecule has 7 nitrogen and oxygen atoms in total. The van der Waals surface area contributed by atoms with Gasteiger partial charge in [-0.05, 0) is 30.8 Å². The van der Waals surface area contributed by atoms with Gasteiger partial charge in [-0.2, -0.15) is 4.52 Å². The van der Waals surface area contributed by atoms with E-state index in [2.05, 4.69) is 32.2 Å². The number of fused-ring (bicyclic) bond motifs is 1. The molecule has 1 aromatic carbocycles. The van der Waals surface area contributed by atoms with Gasteiger partial charge in [0.25, 0.3) is 5.56 Å². The summed E-state index contributed by atoms with van der Waals surface area (Å²) >= 11 is 1.29. The highest BCUT2D eigenvalue weighted by Gasteiger charge is 2.15. The lowest BCUT2D eigenvalue weighted by Gasteiger charge is -2.34. The predicted molar refractivity (Wildman–Crippen MR) is 101 cm³/mol. The Morgan fingerprint density at radius 1 is 1.23 bits per heavy atom. The zero-order chi connectivity index (χ0) is 18.1. The zero-order valence-corrected chi connectivity index (χ0v) is 15.2. The largest absolute Gasteiger partial charge is 0.369 e. The van der Waals surface area contributed by atoms with Crippen molar-refractivity contribution in [1.82, 2.24) is 19.5 Å². The monoisotopic (exact) mass is 374 g/mol. The summed E-state index contributed by atoms with van der Waals surface area (Å²) in [6, 6.07) is 6.46. The van der Waals surface area contributed by atoms with E-state index in [0.29, 0.717) is 16.6 Å². The number of anilines is 2. The van der Waals surface area contributed by atoms with Crippen LogP contribution in [0.25, 0.3) is 4.96 Å². The Labute approximate surface area is 153 Å². The van der Waals surface area contributed by atoms with Gasteiger partial charge < -0.3 is 15.1 Å². The maximum absolute atomic E-state index is 14.1. The molecule has 0 amide bonds. The van der Waals surface area contributed by atoms with Crippen LogP contribution in [0.5, 0.6) is 0 Å². The number of hydrogen-bond donors (Lipinski definition) is 1. The Morgan fingerprint density at radius 3 is 2.81 bits per heavy atom. The van der Waals surface area contributed by atoms with Gasteiger partial charge in [0.05, 0.1) is 0 Å². The normalized spacial score (nSPS) is 15.5. The first-order valence-electron chi connectivity index (χ1n) is 8.40. The molecule has 0 atom stereocenters. The van der Waals surface area contributed by atoms with E-state index in [0.717, 1.165) is 37.4 Å². The first-order valence-corrected chi connectivity index (χ1v) is 9.22. The number of hydrogen-bond acceptors (Lipinski definition) is 7. The maximum Gasteiger partial charge on any atom is 0.275 e. The lowest BCUT2D eigenvalue weighted by atomic mass is 10.1. The van der Waals surface area contributed by atoms with Crippen LogP contribution in [0, 0.1) is 5.82 Å². The second-order valence-corrected chi connectivity index (χ2v) is 7.30. The molecule has 1 saturated heterocycles. The first-order chi connectivity index (χ1) is 12.6. The van der Waals surface area contributed by atoms with Gasteiger partial charge in [-0.1, -0.05) is 11.3 Å². The Kier molecular flexibility index (Phi) is 4.56. The van der Waals surface area contributed by atoms with Crippen molar-refractivity contribution >= 4 is 27.1 Å². The Balaban J connectivity index is 1.50. The fraction of sp³-hybridized carbons (Fsp3) is 0.353. The number of halogens is 1. The van der Waals surface area contributed by atoms with Crippen molar-refractivity contribution in [2.45, 2.75) is 6.54 Å². The molecule has 0 aliphatic carbocycles. The molecule has 1 aliphatic heterocycles. The minimum Gasteiger partial charge on any atom is -0.369 e. The SMILES string of the molecule is CN1CCN(c2cc(F)cc(CNc3nn4c(=O)ccnc4s3)c2)CC1. The highest BCUT2D eigenvalue weighted by atomic mass is 32.1. The molecule has 3 heterocycles. The van der Waals surface area contributed by atoms with E-state index in [1.165, 1.54) is 34.2 Å². The van der Waals surface area contributed by atoms with Gasteiger partial charge in [0.15, 0.2) is 0 Å². The second-order valence-electron chi connectivity index (χ2n) is 6.35. The third kappa shape index (κ3) is 3.54. The molecule has 4 rings (SSSR count). The zero-order valence-electron chi connectivity index (χ0n) is 14.4. The van der Waals surface area contributed by atoms with Crippen LogP contribution in [0.1, 0.15) is 5.56 Å². The van der Waals surface area contributed by atoms with Crippen molar-refractivity contribution in [3.63, 3.8) is 0 Å². The predicted octanol–water partition coefficient (Wildman–Crippen LogP) is 1.65. The molecule has 26 heavy (non-hydrogen) atoms. The van der Waals surface area contributed by atoms with E-state index < -0.39 is 0 Å². The van der Waals surface area contributed by atoms with Crippen LogP contribution in [-0.4, -0.2) is 52.7 Å². The fourth-order valence-corrected chi connectivity index (χ4v) is 3.75. The quantitative estimate of drug-likeness (QED) is 0.749. The van der Waals surface area contributed by atoms with E-state index in [1.54, 1.807) is 6.07 Å². The average Bonchev–Trinajstić information content (AvgIpc) is 3.05. The van der Waals surface area contributed by atoms with Crippen molar-refractivity contribution in [3.8, 4) is 0 Å². The smallest absolute Gasteiger partial charge is 0.275 e. The molecular formula is C17H19FN6OS. The standard InChI is InChI=1S/C17H19FN6OS/c1-22-4-6-23(7-5-22)14-9-12(8-13(18)10-14)11-20-16-21-24-15(25)2-3-19-17(24)26-16/h2-3,8-10H,4-7,11H2,1H3,(H,20,21). The fourth-order valence-electron chi connectivity index (χ4n) is 2.98. The minimum absolute atomic E-state index is 0.220. The van der Waals surface area contributed by atoms with E-state index in [-0.39, 0.29) is 11.4 Å². The van der Waals surface area contributed by atoms with Crippen molar-refractivity contribution in [2.24, 2.45) is 0 Å². The number of nitrogens with zero attached hydrogens (tertiary/aromatic N) is 5. The molecule has 1 fully saturated rings. The molecule has 9 heteroatoms. The van der Waals surface area contributed by atoms with Gasteiger partial charge in [-0.3, -0.25) is 4.79 Å². The van der Waals surface area contributed by atoms with Gasteiger partial charge in [0.1, 0.15) is 5.82 Å². The van der Waals surface area contributed by atoms with Crippen LogP contribution >= 0.6 is 11.3 Å². The third-order valence-corrected chi connectivity index (χ3v) is 5.31. The number of aromatic nitrogens is 3. The van der Waals surface area contributed by atoms with Crippen LogP contribution < -0.4 is 15.8 Å². The van der Waals surface area contributed by atoms with Crippen molar-refractivity contribution in [3.05, 3.63) is 52.2 Å². The summed E-state index contributed by atoms with van der Waals surface area (Å²) in [5.74, 6) is -0.250. The van der Waals surface area contributed by atoms with Gasteiger partial charge in [0.2, 0.25) is 10.1 Å². The van der Waals surface area contributed by atoms with E-state index in [1.807, 2.05) is 6.07 Å². The second kappa shape index (κ2) is 7.00. The first kappa shape index (κ1) is 16.9. The van der Waals surface area contributed by atoms with E-state index in [4.69, 9.17) is 0 Å². The molecule has 0 saturated carbocycles. The molecule has 1 aliphatic rings. The van der Waals surface area contributed by atoms with Crippen LogP contribution in [-0.2, 0) is 6.54 Å². The van der Waals surface area contributed by atoms with Crippen LogP contribution in [0.15, 0.2) is 35.3 Å². The summed E-state index contributed by atoms with van der Waals surface area (Å²) < 4.78 is 15.3. The molecule has 0 bridgehead atoms. The minimum atomic E-state index is -0.250. The summed E-state index contributed by atoms with van der Waals surface area (Å²) in [7, 11) is 2.09. The molecule has 1 N–H and O–H groups in total. The van der Waals surface area contributed by atoms with Gasteiger partial charge in [-0.15, -0.1) is 5.10 Å². The van der Waals surface area contributed by atoms with Crippen molar-refractivity contribution < 1.29 is 4.39 Å². The van der Waals surface area contributed by atoms with Gasteiger partial charge in [-0.25, -0.2) is 9.37 Å². The van der Waals surface area contributed by atoms with E-state index >= 15 is 0 Å². The summed E-state index contributed by atoms with van der Waals surface area (Å²) in [6.45, 7) is 4.14. The third-order valence-electron chi connectivity index (χ3n) is 4.43. The van der Waals surface area contributed by atoms with Crippen LogP contribution in [0.2, 0.25) is 0 Å². The van der Waals surface area contributed by atoms with Gasteiger partial charge in [0, 0.05) is 50.7 Å². The molecular weight excluding hydrogens is 355 g/mol. The van der Waals surface area contributed by atoms with E-state index in [9.17, 15) is 9.18 Å². The topological polar surface area (TPSA) is 65.8 Å². The molecule has 2 aromatic heterocycles. The Hall–Kier alpha value is -2.52. The lowest BCUT2D eigenvalue weighted by molar-refractivity contribution is 0.312. The van der Waals surface area contributed by atoms with Crippen molar-refractivity contribution in [1.29, 1.82) is 0 Å². The van der Waals surface area contributed by atoms with Gasteiger partial charge >= 0.3 is 0 Å². The number of piperazine rings is 1. The summed E-state index contributed by atoms with van der Waals surface area (Å²) in [6.07, 6.45) is 1.47. The number of rotatable bonds is 4. The number of nitrogens with one attached hydrogen (secondary N) is 1. The average molecular weight is 374 g/mol. The van der Waals surface area contributed by atoms with Crippen LogP contribution in [0.4, 0.5) is 15.2 Å². The summed E-state index contributed by atoms with van der Waals surface area (Å²) in [5.41, 5.74) is 1.51. The summed E-state index contributed by atoms with van der Waals surface area (Å²) in [4.78, 5) is 20.8. The maximum atomic E-state index is 14.1. The highest BCUT2D eigenvalue weighted by molar-refractivity contribution is 7.20. The molecule has 0 unspecified atom stereocenters. The summed E-state index contributed by atoms with van der Waals surface area (Å²) in [5, 5.41) is 7.94. The molecule has 3 aromatic rings. The molecule has 0 radical (unpaired) electrons. The highest BCUT2D eigenvalue weighted by Crippen LogP contribution is 2.22. The Bertz CT molecular complexity index is 979. The number of benzene rings is 1. The molecule has 136 valence electrons. The van der Waals surface area contributed by atoms with Crippen LogP contribution in [0.3, 0.4) is 0 Å². The number of likely N-dealkylation sites (N-methyl/N-ethyl adjacent to an activating group) is 1. The Morgan fingerprint density at radius 2 is 2.04 bits per heavy atom.